The highest BCUT2D eigenvalue weighted by molar-refractivity contribution is 7.17. The van der Waals surface area contributed by atoms with E-state index in [0.717, 1.165) is 0 Å². The van der Waals surface area contributed by atoms with E-state index in [1.165, 1.54) is 27.4 Å². The van der Waals surface area contributed by atoms with Gasteiger partial charge in [0.2, 0.25) is 11.8 Å². The molecule has 8 nitrogen and oxygen atoms in total. The van der Waals surface area contributed by atoms with Crippen molar-refractivity contribution in [1.29, 1.82) is 0 Å². The first-order chi connectivity index (χ1) is 13.4. The fourth-order valence-corrected chi connectivity index (χ4v) is 3.73. The van der Waals surface area contributed by atoms with Crippen LogP contribution in [0, 0.1) is 0 Å². The quantitative estimate of drug-likeness (QED) is 0.662. The monoisotopic (exact) mass is 400 g/mol. The number of rotatable bonds is 6. The van der Waals surface area contributed by atoms with E-state index in [9.17, 15) is 19.2 Å². The normalized spacial score (nSPS) is 10.8. The molecule has 0 saturated carbocycles. The van der Waals surface area contributed by atoms with Gasteiger partial charge in [-0.2, -0.15) is 0 Å². The second-order valence-electron chi connectivity index (χ2n) is 6.27. The van der Waals surface area contributed by atoms with Gasteiger partial charge in [0.05, 0.1) is 5.52 Å². The molecule has 3 aromatic rings. The Morgan fingerprint density at radius 1 is 1.00 bits per heavy atom. The molecule has 0 aliphatic heterocycles. The first kappa shape index (κ1) is 19.6. The molecule has 1 aromatic carbocycles. The Morgan fingerprint density at radius 3 is 2.25 bits per heavy atom. The molecule has 0 saturated heterocycles. The zero-order valence-electron chi connectivity index (χ0n) is 15.5. The predicted octanol–water partition coefficient (Wildman–Crippen LogP) is 2.23. The van der Waals surface area contributed by atoms with Crippen molar-refractivity contribution in [3.8, 4) is 0 Å². The number of anilines is 2. The molecule has 0 unspecified atom stereocenters. The van der Waals surface area contributed by atoms with Crippen LogP contribution in [-0.4, -0.2) is 20.9 Å². The van der Waals surface area contributed by atoms with E-state index in [4.69, 9.17) is 0 Å². The number of hydrogen-bond acceptors (Lipinski definition) is 5. The van der Waals surface area contributed by atoms with Crippen LogP contribution in [0.15, 0.2) is 45.3 Å². The van der Waals surface area contributed by atoms with E-state index in [0.29, 0.717) is 34.6 Å². The molecule has 9 heteroatoms. The van der Waals surface area contributed by atoms with Crippen molar-refractivity contribution in [2.75, 3.05) is 10.6 Å². The van der Waals surface area contributed by atoms with Gasteiger partial charge < -0.3 is 10.6 Å². The molecule has 3 rings (SSSR count). The minimum atomic E-state index is -0.492. The highest BCUT2D eigenvalue weighted by atomic mass is 32.1. The number of nitrogens with one attached hydrogen (secondary N) is 2. The van der Waals surface area contributed by atoms with Crippen molar-refractivity contribution in [2.24, 2.45) is 0 Å². The van der Waals surface area contributed by atoms with Gasteiger partial charge in [-0.1, -0.05) is 6.92 Å². The molecule has 28 heavy (non-hydrogen) atoms. The van der Waals surface area contributed by atoms with Gasteiger partial charge in [-0.15, -0.1) is 11.3 Å². The Balaban J connectivity index is 1.85. The first-order valence-corrected chi connectivity index (χ1v) is 9.67. The number of fused-ring (bicyclic) bond motifs is 1. The van der Waals surface area contributed by atoms with Gasteiger partial charge in [0.15, 0.2) is 0 Å². The molecule has 0 atom stereocenters. The average molecular weight is 400 g/mol. The average Bonchev–Trinajstić information content (AvgIpc) is 3.13. The number of benzene rings is 1. The molecule has 0 aliphatic carbocycles. The summed E-state index contributed by atoms with van der Waals surface area (Å²) in [6.45, 7) is 3.39. The number of carbonyl (C=O) groups is 2. The van der Waals surface area contributed by atoms with Crippen LogP contribution in [0.5, 0.6) is 0 Å². The van der Waals surface area contributed by atoms with E-state index in [1.54, 1.807) is 35.7 Å². The van der Waals surface area contributed by atoms with E-state index in [-0.39, 0.29) is 23.9 Å². The minimum absolute atomic E-state index is 0.182. The highest BCUT2D eigenvalue weighted by Gasteiger charge is 2.16. The van der Waals surface area contributed by atoms with Crippen LogP contribution in [0.25, 0.3) is 10.2 Å². The van der Waals surface area contributed by atoms with E-state index in [2.05, 4.69) is 10.6 Å². The zero-order chi connectivity index (χ0) is 20.3. The Hall–Kier alpha value is -3.20. The number of carbonyl (C=O) groups excluding carboxylic acids is 2. The summed E-state index contributed by atoms with van der Waals surface area (Å²) in [5.41, 5.74) is 0.809. The van der Waals surface area contributed by atoms with Crippen molar-refractivity contribution < 1.29 is 9.59 Å². The van der Waals surface area contributed by atoms with Gasteiger partial charge in [-0.25, -0.2) is 4.79 Å². The summed E-state index contributed by atoms with van der Waals surface area (Å²) < 4.78 is 2.96. The van der Waals surface area contributed by atoms with Crippen LogP contribution in [-0.2, 0) is 22.7 Å². The van der Waals surface area contributed by atoms with Crippen LogP contribution < -0.4 is 21.9 Å². The molecule has 2 aromatic heterocycles. The number of aromatic nitrogens is 2. The summed E-state index contributed by atoms with van der Waals surface area (Å²) in [5.74, 6) is -0.568. The second-order valence-corrected chi connectivity index (χ2v) is 7.18. The molecule has 0 spiro atoms. The zero-order valence-corrected chi connectivity index (χ0v) is 16.3. The van der Waals surface area contributed by atoms with Crippen molar-refractivity contribution in [1.82, 2.24) is 9.13 Å². The van der Waals surface area contributed by atoms with Crippen molar-refractivity contribution in [2.45, 2.75) is 33.4 Å². The van der Waals surface area contributed by atoms with Gasteiger partial charge in [-0.05, 0) is 42.1 Å². The summed E-state index contributed by atoms with van der Waals surface area (Å²) in [7, 11) is 0. The lowest BCUT2D eigenvalue weighted by Gasteiger charge is -2.12. The second kappa shape index (κ2) is 8.22. The molecular weight excluding hydrogens is 380 g/mol. The summed E-state index contributed by atoms with van der Waals surface area (Å²) in [6, 6.07) is 8.33. The highest BCUT2D eigenvalue weighted by Crippen LogP contribution is 2.16. The summed E-state index contributed by atoms with van der Waals surface area (Å²) in [6.07, 6.45) is 0.638. The maximum Gasteiger partial charge on any atom is 0.332 e. The fraction of sp³-hybridized carbons (Fsp3) is 0.263. The van der Waals surface area contributed by atoms with Crippen LogP contribution in [0.2, 0.25) is 0 Å². The summed E-state index contributed by atoms with van der Waals surface area (Å²) in [4.78, 5) is 48.8. The van der Waals surface area contributed by atoms with Crippen molar-refractivity contribution in [3.63, 3.8) is 0 Å². The topological polar surface area (TPSA) is 102 Å². The summed E-state index contributed by atoms with van der Waals surface area (Å²) >= 11 is 1.26. The van der Waals surface area contributed by atoms with Crippen molar-refractivity contribution >= 4 is 44.7 Å². The van der Waals surface area contributed by atoms with Gasteiger partial charge in [0, 0.05) is 24.8 Å². The van der Waals surface area contributed by atoms with Gasteiger partial charge >= 0.3 is 5.69 Å². The number of hydrogen-bond donors (Lipinski definition) is 2. The molecular formula is C19H20N4O4S. The van der Waals surface area contributed by atoms with E-state index < -0.39 is 5.69 Å². The minimum Gasteiger partial charge on any atom is -0.326 e. The third-order valence-corrected chi connectivity index (χ3v) is 4.97. The Bertz CT molecular complexity index is 1140. The lowest BCUT2D eigenvalue weighted by Crippen LogP contribution is -2.41. The molecule has 2 heterocycles. The van der Waals surface area contributed by atoms with Crippen molar-refractivity contribution in [3.05, 3.63) is 56.5 Å². The van der Waals surface area contributed by atoms with Crippen LogP contribution in [0.3, 0.4) is 0 Å². The maximum absolute atomic E-state index is 12.7. The molecule has 0 aliphatic rings. The third kappa shape index (κ3) is 4.04. The standard InChI is InChI=1S/C19H20N4O4S/c1-3-9-22-18(26)17-15(8-10-28-17)23(19(22)27)11-16(25)21-14-6-4-13(5-7-14)20-12(2)24/h4-8,10H,3,9,11H2,1-2H3,(H,20,24)(H,21,25). The predicted molar refractivity (Wildman–Crippen MR) is 110 cm³/mol. The van der Waals surface area contributed by atoms with Gasteiger partial charge in [0.25, 0.3) is 5.56 Å². The van der Waals surface area contributed by atoms with Crippen LogP contribution in [0.1, 0.15) is 20.3 Å². The Morgan fingerprint density at radius 2 is 1.64 bits per heavy atom. The molecule has 0 radical (unpaired) electrons. The Labute approximate surface area is 164 Å². The SMILES string of the molecule is CCCn1c(=O)c2sccc2n(CC(=O)Nc2ccc(NC(C)=O)cc2)c1=O. The third-order valence-electron chi connectivity index (χ3n) is 4.07. The fourth-order valence-electron chi connectivity index (χ4n) is 2.89. The van der Waals surface area contributed by atoms with E-state index in [1.807, 2.05) is 6.92 Å². The van der Waals surface area contributed by atoms with Gasteiger partial charge in [0.1, 0.15) is 11.2 Å². The largest absolute Gasteiger partial charge is 0.332 e. The van der Waals surface area contributed by atoms with Crippen LogP contribution >= 0.6 is 11.3 Å². The first-order valence-electron chi connectivity index (χ1n) is 8.79. The molecule has 2 amide bonds. The lowest BCUT2D eigenvalue weighted by atomic mass is 10.2. The number of amides is 2. The number of thiophene rings is 1. The van der Waals surface area contributed by atoms with E-state index >= 15 is 0 Å². The molecule has 0 bridgehead atoms. The maximum atomic E-state index is 12.7. The number of nitrogens with zero attached hydrogens (tertiary/aromatic N) is 2. The lowest BCUT2D eigenvalue weighted by molar-refractivity contribution is -0.117. The molecule has 2 N–H and O–H groups in total. The summed E-state index contributed by atoms with van der Waals surface area (Å²) in [5, 5.41) is 7.10. The molecule has 146 valence electrons. The smallest absolute Gasteiger partial charge is 0.326 e. The molecule has 0 fully saturated rings. The van der Waals surface area contributed by atoms with Gasteiger partial charge in [-0.3, -0.25) is 23.5 Å². The van der Waals surface area contributed by atoms with Crippen LogP contribution in [0.4, 0.5) is 11.4 Å². The Kier molecular flexibility index (Phi) is 5.74.